The lowest BCUT2D eigenvalue weighted by Gasteiger charge is -2.46. The molecule has 0 radical (unpaired) electrons. The van der Waals surface area contributed by atoms with Crippen molar-refractivity contribution in [1.29, 1.82) is 0 Å². The molecule has 4 aliphatic rings. The van der Waals surface area contributed by atoms with Crippen molar-refractivity contribution in [2.24, 2.45) is 5.92 Å². The smallest absolute Gasteiger partial charge is 0.394 e. The standard InChI is InChI=1S/C44H49Cl2F6N3O6/c45-36-6-5-32(25-37(36)46)42(28-55(17-19-61-42)40(58)31-21-33(43(47,48)49)24-34(22-31)44(50,51)52)11-16-53-14-9-41(10-15-53)35-4-2-1-3-30(35)23-38(41)60-27-39(57)54-12-7-29(8-13-54)26-59-20-18-56/h1-6,21-22,24-25,29,38,56H,7-20,23,26-28H2/t38-,42+/m0/s1. The highest BCUT2D eigenvalue weighted by atomic mass is 35.5. The van der Waals surface area contributed by atoms with Gasteiger partial charge in [0.05, 0.1) is 53.6 Å². The first-order valence-corrected chi connectivity index (χ1v) is 21.3. The van der Waals surface area contributed by atoms with E-state index in [1.165, 1.54) is 16.0 Å². The van der Waals surface area contributed by atoms with Crippen molar-refractivity contribution in [3.8, 4) is 0 Å². The second-order valence-corrected chi connectivity index (χ2v) is 17.3. The number of amides is 2. The summed E-state index contributed by atoms with van der Waals surface area (Å²) in [5.74, 6) is -0.680. The maximum atomic E-state index is 13.9. The largest absolute Gasteiger partial charge is 0.416 e. The number of morpholine rings is 1. The van der Waals surface area contributed by atoms with E-state index >= 15 is 0 Å². The third-order valence-corrected chi connectivity index (χ3v) is 13.6. The fraction of sp³-hybridized carbons (Fsp3) is 0.545. The number of likely N-dealkylation sites (tertiary alicyclic amines) is 2. The maximum absolute atomic E-state index is 13.9. The van der Waals surface area contributed by atoms with E-state index in [1.807, 2.05) is 17.0 Å². The number of halogens is 8. The first kappa shape index (κ1) is 45.6. The van der Waals surface area contributed by atoms with Crippen LogP contribution in [-0.2, 0) is 48.8 Å². The first-order valence-electron chi connectivity index (χ1n) is 20.6. The predicted octanol–water partition coefficient (Wildman–Crippen LogP) is 8.01. The normalized spacial score (nSPS) is 22.5. The zero-order valence-electron chi connectivity index (χ0n) is 33.5. The van der Waals surface area contributed by atoms with Gasteiger partial charge in [-0.1, -0.05) is 53.5 Å². The molecule has 3 aromatic carbocycles. The number of rotatable bonds is 12. The molecule has 1 spiro atoms. The number of nitrogens with zero attached hydrogens (tertiary/aromatic N) is 3. The highest BCUT2D eigenvalue weighted by Gasteiger charge is 2.50. The van der Waals surface area contributed by atoms with Gasteiger partial charge in [0.1, 0.15) is 12.2 Å². The van der Waals surface area contributed by atoms with Crippen molar-refractivity contribution in [2.75, 3.05) is 78.8 Å². The monoisotopic (exact) mass is 899 g/mol. The number of piperidine rings is 2. The van der Waals surface area contributed by atoms with Crippen LogP contribution in [0.3, 0.4) is 0 Å². The molecule has 9 nitrogen and oxygen atoms in total. The minimum atomic E-state index is -5.11. The van der Waals surface area contributed by atoms with E-state index in [0.717, 1.165) is 25.7 Å². The molecule has 0 unspecified atom stereocenters. The van der Waals surface area contributed by atoms with E-state index in [0.29, 0.717) is 82.4 Å². The highest BCUT2D eigenvalue weighted by molar-refractivity contribution is 6.42. The molecule has 332 valence electrons. The Morgan fingerprint density at radius 1 is 0.852 bits per heavy atom. The number of ether oxygens (including phenoxy) is 3. The van der Waals surface area contributed by atoms with Crippen LogP contribution in [0.25, 0.3) is 0 Å². The summed E-state index contributed by atoms with van der Waals surface area (Å²) in [5, 5.41) is 9.49. The highest BCUT2D eigenvalue weighted by Crippen LogP contribution is 2.48. The number of benzene rings is 3. The predicted molar refractivity (Wildman–Crippen MR) is 216 cm³/mol. The topological polar surface area (TPSA) is 91.8 Å². The Morgan fingerprint density at radius 2 is 1.54 bits per heavy atom. The molecular formula is C44H49Cl2F6N3O6. The van der Waals surface area contributed by atoms with Crippen LogP contribution >= 0.6 is 23.2 Å². The zero-order chi connectivity index (χ0) is 43.6. The molecule has 0 bridgehead atoms. The lowest BCUT2D eigenvalue weighted by molar-refractivity contribution is -0.143. The quantitative estimate of drug-likeness (QED) is 0.146. The van der Waals surface area contributed by atoms with E-state index in [4.69, 9.17) is 42.5 Å². The van der Waals surface area contributed by atoms with Gasteiger partial charge in [0, 0.05) is 43.8 Å². The van der Waals surface area contributed by atoms with Crippen molar-refractivity contribution in [1.82, 2.24) is 14.7 Å². The number of carbonyl (C=O) groups is 2. The number of carbonyl (C=O) groups excluding carboxylic acids is 2. The molecular weight excluding hydrogens is 851 g/mol. The minimum Gasteiger partial charge on any atom is -0.394 e. The second kappa shape index (κ2) is 18.7. The van der Waals surface area contributed by atoms with Gasteiger partial charge in [0.15, 0.2) is 0 Å². The minimum absolute atomic E-state index is 0.00121. The summed E-state index contributed by atoms with van der Waals surface area (Å²) in [7, 11) is 0. The van der Waals surface area contributed by atoms with Crippen LogP contribution in [0.4, 0.5) is 26.3 Å². The van der Waals surface area contributed by atoms with Gasteiger partial charge in [-0.15, -0.1) is 0 Å². The summed E-state index contributed by atoms with van der Waals surface area (Å²) in [4.78, 5) is 32.6. The van der Waals surface area contributed by atoms with Gasteiger partial charge in [-0.05, 0) is 105 Å². The zero-order valence-corrected chi connectivity index (χ0v) is 35.0. The molecule has 2 atom stereocenters. The Morgan fingerprint density at radius 3 is 2.20 bits per heavy atom. The van der Waals surface area contributed by atoms with Gasteiger partial charge in [0.25, 0.3) is 5.91 Å². The van der Waals surface area contributed by atoms with Crippen LogP contribution in [0.15, 0.2) is 60.7 Å². The number of hydrogen-bond donors (Lipinski definition) is 1. The maximum Gasteiger partial charge on any atom is 0.416 e. The van der Waals surface area contributed by atoms with Crippen molar-refractivity contribution >= 4 is 35.0 Å². The second-order valence-electron chi connectivity index (χ2n) is 16.5. The molecule has 3 heterocycles. The molecule has 61 heavy (non-hydrogen) atoms. The Labute approximate surface area is 360 Å². The molecule has 0 aromatic heterocycles. The first-order chi connectivity index (χ1) is 29.0. The number of aliphatic hydroxyl groups is 1. The Hall–Kier alpha value is -3.44. The lowest BCUT2D eigenvalue weighted by atomic mass is 9.72. The van der Waals surface area contributed by atoms with Crippen LogP contribution in [-0.4, -0.2) is 117 Å². The van der Waals surface area contributed by atoms with Crippen molar-refractivity contribution in [3.63, 3.8) is 0 Å². The molecule has 7 rings (SSSR count). The van der Waals surface area contributed by atoms with Gasteiger partial charge < -0.3 is 34.0 Å². The third-order valence-electron chi connectivity index (χ3n) is 12.9. The Kier molecular flexibility index (Phi) is 14.0. The fourth-order valence-corrected chi connectivity index (χ4v) is 9.77. The molecule has 0 saturated carbocycles. The molecule has 1 N–H and O–H groups in total. The van der Waals surface area contributed by atoms with Crippen LogP contribution in [0.1, 0.15) is 70.3 Å². The number of alkyl halides is 6. The molecule has 3 fully saturated rings. The van der Waals surface area contributed by atoms with E-state index in [1.54, 1.807) is 18.2 Å². The van der Waals surface area contributed by atoms with Crippen LogP contribution < -0.4 is 0 Å². The van der Waals surface area contributed by atoms with Gasteiger partial charge in [-0.25, -0.2) is 0 Å². The Bertz CT molecular complexity index is 2010. The SMILES string of the molecule is O=C(CO[C@H]1Cc2ccccc2C12CCN(CC[C@]1(c3ccc(Cl)c(Cl)c3)CN(C(=O)c3cc(C(F)(F)F)cc(C(F)(F)F)c3)CCO1)CC2)N1CCC(COCCO)CC1. The average molecular weight is 901 g/mol. The summed E-state index contributed by atoms with van der Waals surface area (Å²) in [6.45, 7) is 3.64. The number of fused-ring (bicyclic) bond motifs is 2. The van der Waals surface area contributed by atoms with E-state index in [9.17, 15) is 35.9 Å². The lowest BCUT2D eigenvalue weighted by Crippen LogP contribution is -2.54. The van der Waals surface area contributed by atoms with Crippen LogP contribution in [0, 0.1) is 5.92 Å². The molecule has 3 saturated heterocycles. The fourth-order valence-electron chi connectivity index (χ4n) is 9.47. The third kappa shape index (κ3) is 10.2. The van der Waals surface area contributed by atoms with Gasteiger partial charge in [-0.3, -0.25) is 9.59 Å². The van der Waals surface area contributed by atoms with E-state index < -0.39 is 40.6 Å². The molecule has 17 heteroatoms. The van der Waals surface area contributed by atoms with Crippen LogP contribution in [0.5, 0.6) is 0 Å². The van der Waals surface area contributed by atoms with Crippen LogP contribution in [0.2, 0.25) is 10.0 Å². The number of hydrogen-bond acceptors (Lipinski definition) is 7. The van der Waals surface area contributed by atoms with Gasteiger partial charge >= 0.3 is 12.4 Å². The summed E-state index contributed by atoms with van der Waals surface area (Å²) in [6, 6.07) is 14.1. The summed E-state index contributed by atoms with van der Waals surface area (Å²) < 4.78 is 101. The number of aliphatic hydroxyl groups excluding tert-OH is 1. The average Bonchev–Trinajstić information content (AvgIpc) is 3.54. The summed E-state index contributed by atoms with van der Waals surface area (Å²) in [5.41, 5.74) is -2.44. The summed E-state index contributed by atoms with van der Waals surface area (Å²) in [6.07, 6.45) is -6.30. The molecule has 1 aliphatic carbocycles. The van der Waals surface area contributed by atoms with Crippen molar-refractivity contribution in [2.45, 2.75) is 68.0 Å². The molecule has 2 amide bonds. The van der Waals surface area contributed by atoms with Gasteiger partial charge in [0.2, 0.25) is 5.91 Å². The van der Waals surface area contributed by atoms with Crippen molar-refractivity contribution in [3.05, 3.63) is 104 Å². The van der Waals surface area contributed by atoms with E-state index in [-0.39, 0.29) is 66.4 Å². The molecule has 3 aromatic rings. The van der Waals surface area contributed by atoms with Gasteiger partial charge in [-0.2, -0.15) is 26.3 Å². The molecule has 3 aliphatic heterocycles. The van der Waals surface area contributed by atoms with Crippen molar-refractivity contribution < 1.29 is 55.2 Å². The Balaban J connectivity index is 1.04. The summed E-state index contributed by atoms with van der Waals surface area (Å²) >= 11 is 12.7. The van der Waals surface area contributed by atoms with E-state index in [2.05, 4.69) is 17.0 Å².